The van der Waals surface area contributed by atoms with Crippen molar-refractivity contribution in [2.24, 2.45) is 5.84 Å². The standard InChI is InChI=1S/C12H17N5O3/c1-16-5-4-9(7-16)14-12(18)8-2-3-10(15-13)11(6-8)17(19)20/h2-3,6,9,15H,4-5,7,13H2,1H3,(H,14,18). The van der Waals surface area contributed by atoms with E-state index in [4.69, 9.17) is 5.84 Å². The topological polar surface area (TPSA) is 114 Å². The van der Waals surface area contributed by atoms with E-state index in [-0.39, 0.29) is 28.9 Å². The molecule has 0 spiro atoms. The third-order valence-corrected chi connectivity index (χ3v) is 3.34. The number of benzene rings is 1. The lowest BCUT2D eigenvalue weighted by atomic mass is 10.1. The molecule has 1 aliphatic heterocycles. The van der Waals surface area contributed by atoms with Crippen molar-refractivity contribution in [2.75, 3.05) is 25.6 Å². The van der Waals surface area contributed by atoms with Crippen LogP contribution in [0.25, 0.3) is 0 Å². The highest BCUT2D eigenvalue weighted by molar-refractivity contribution is 5.95. The Bertz CT molecular complexity index is 534. The van der Waals surface area contributed by atoms with E-state index in [0.717, 1.165) is 19.5 Å². The number of nitrogens with one attached hydrogen (secondary N) is 2. The lowest BCUT2D eigenvalue weighted by molar-refractivity contribution is -0.384. The summed E-state index contributed by atoms with van der Waals surface area (Å²) in [6.45, 7) is 1.72. The minimum Gasteiger partial charge on any atom is -0.348 e. The first-order chi connectivity index (χ1) is 9.51. The molecule has 4 N–H and O–H groups in total. The molecular formula is C12H17N5O3. The normalized spacial score (nSPS) is 18.8. The van der Waals surface area contributed by atoms with Gasteiger partial charge in [0.1, 0.15) is 5.69 Å². The second-order valence-electron chi connectivity index (χ2n) is 4.85. The highest BCUT2D eigenvalue weighted by Crippen LogP contribution is 2.24. The van der Waals surface area contributed by atoms with Gasteiger partial charge in [-0.2, -0.15) is 0 Å². The minimum absolute atomic E-state index is 0.0823. The number of nitrogens with two attached hydrogens (primary N) is 1. The lowest BCUT2D eigenvalue weighted by Gasteiger charge is -2.13. The summed E-state index contributed by atoms with van der Waals surface area (Å²) in [5, 5.41) is 13.8. The summed E-state index contributed by atoms with van der Waals surface area (Å²) in [6.07, 6.45) is 0.882. The molecule has 8 nitrogen and oxygen atoms in total. The summed E-state index contributed by atoms with van der Waals surface area (Å²) in [4.78, 5) is 24.5. The van der Waals surface area contributed by atoms with E-state index < -0.39 is 4.92 Å². The summed E-state index contributed by atoms with van der Waals surface area (Å²) in [5.74, 6) is 4.89. The summed E-state index contributed by atoms with van der Waals surface area (Å²) in [6, 6.07) is 4.24. The van der Waals surface area contributed by atoms with Crippen LogP contribution in [0.2, 0.25) is 0 Å². The number of hydrazine groups is 1. The van der Waals surface area contributed by atoms with Crippen molar-refractivity contribution in [3.8, 4) is 0 Å². The van der Waals surface area contributed by atoms with Crippen LogP contribution in [-0.4, -0.2) is 41.9 Å². The zero-order valence-electron chi connectivity index (χ0n) is 11.1. The third-order valence-electron chi connectivity index (χ3n) is 3.34. The van der Waals surface area contributed by atoms with Gasteiger partial charge in [0, 0.05) is 24.2 Å². The van der Waals surface area contributed by atoms with Gasteiger partial charge in [-0.1, -0.05) is 0 Å². The molecule has 1 aromatic rings. The molecular weight excluding hydrogens is 262 g/mol. The van der Waals surface area contributed by atoms with E-state index in [1.165, 1.54) is 18.2 Å². The largest absolute Gasteiger partial charge is 0.348 e. The Morgan fingerprint density at radius 3 is 2.85 bits per heavy atom. The first kappa shape index (κ1) is 14.2. The Morgan fingerprint density at radius 2 is 2.30 bits per heavy atom. The molecule has 0 radical (unpaired) electrons. The summed E-state index contributed by atoms with van der Waals surface area (Å²) < 4.78 is 0. The van der Waals surface area contributed by atoms with Crippen molar-refractivity contribution in [1.29, 1.82) is 0 Å². The van der Waals surface area contributed by atoms with Crippen molar-refractivity contribution in [2.45, 2.75) is 12.5 Å². The predicted molar refractivity (Wildman–Crippen MR) is 74.3 cm³/mol. The number of rotatable bonds is 4. The van der Waals surface area contributed by atoms with Crippen LogP contribution in [0.1, 0.15) is 16.8 Å². The molecule has 1 aromatic carbocycles. The van der Waals surface area contributed by atoms with Gasteiger partial charge in [0.15, 0.2) is 0 Å². The molecule has 1 atom stereocenters. The van der Waals surface area contributed by atoms with Crippen molar-refractivity contribution < 1.29 is 9.72 Å². The Morgan fingerprint density at radius 1 is 1.55 bits per heavy atom. The molecule has 0 saturated carbocycles. The molecule has 108 valence electrons. The van der Waals surface area contributed by atoms with E-state index in [9.17, 15) is 14.9 Å². The molecule has 0 aromatic heterocycles. The van der Waals surface area contributed by atoms with Gasteiger partial charge in [-0.05, 0) is 32.1 Å². The van der Waals surface area contributed by atoms with Crippen LogP contribution in [0, 0.1) is 10.1 Å². The maximum Gasteiger partial charge on any atom is 0.294 e. The highest BCUT2D eigenvalue weighted by Gasteiger charge is 2.23. The lowest BCUT2D eigenvalue weighted by Crippen LogP contribution is -2.36. The maximum atomic E-state index is 12.1. The first-order valence-electron chi connectivity index (χ1n) is 6.25. The second-order valence-corrected chi connectivity index (χ2v) is 4.85. The van der Waals surface area contributed by atoms with Crippen LogP contribution in [-0.2, 0) is 0 Å². The van der Waals surface area contributed by atoms with Gasteiger partial charge in [0.05, 0.1) is 4.92 Å². The molecule has 1 amide bonds. The van der Waals surface area contributed by atoms with Crippen LogP contribution >= 0.6 is 0 Å². The predicted octanol–water partition coefficient (Wildman–Crippen LogP) is 0.314. The third kappa shape index (κ3) is 3.03. The second kappa shape index (κ2) is 5.85. The van der Waals surface area contributed by atoms with E-state index in [1.807, 2.05) is 7.05 Å². The molecule has 1 heterocycles. The Balaban J connectivity index is 2.14. The average molecular weight is 279 g/mol. The van der Waals surface area contributed by atoms with Gasteiger partial charge in [-0.25, -0.2) is 0 Å². The van der Waals surface area contributed by atoms with E-state index in [0.29, 0.717) is 0 Å². The van der Waals surface area contributed by atoms with Gasteiger partial charge >= 0.3 is 0 Å². The van der Waals surface area contributed by atoms with Crippen LogP contribution < -0.4 is 16.6 Å². The molecule has 1 saturated heterocycles. The number of carbonyl (C=O) groups is 1. The number of nitrogens with zero attached hydrogens (tertiary/aromatic N) is 2. The van der Waals surface area contributed by atoms with Crippen LogP contribution in [0.4, 0.5) is 11.4 Å². The molecule has 1 aliphatic rings. The number of nitro groups is 1. The Hall–Kier alpha value is -2.19. The summed E-state index contributed by atoms with van der Waals surface area (Å²) in [7, 11) is 1.98. The number of hydrogen-bond donors (Lipinski definition) is 3. The van der Waals surface area contributed by atoms with Crippen molar-refractivity contribution >= 4 is 17.3 Å². The smallest absolute Gasteiger partial charge is 0.294 e. The van der Waals surface area contributed by atoms with Crippen LogP contribution in [0.5, 0.6) is 0 Å². The van der Waals surface area contributed by atoms with Crippen LogP contribution in [0.3, 0.4) is 0 Å². The van der Waals surface area contributed by atoms with Gasteiger partial charge in [-0.3, -0.25) is 20.8 Å². The van der Waals surface area contributed by atoms with Gasteiger partial charge in [0.25, 0.3) is 11.6 Å². The summed E-state index contributed by atoms with van der Waals surface area (Å²) >= 11 is 0. The van der Waals surface area contributed by atoms with Crippen molar-refractivity contribution in [1.82, 2.24) is 10.2 Å². The van der Waals surface area contributed by atoms with Gasteiger partial charge in [-0.15, -0.1) is 0 Å². The number of anilines is 1. The maximum absolute atomic E-state index is 12.1. The average Bonchev–Trinajstić information content (AvgIpc) is 2.83. The fourth-order valence-electron chi connectivity index (χ4n) is 2.27. The molecule has 0 bridgehead atoms. The molecule has 2 rings (SSSR count). The van der Waals surface area contributed by atoms with E-state index >= 15 is 0 Å². The monoisotopic (exact) mass is 279 g/mol. The number of likely N-dealkylation sites (tertiary alicyclic amines) is 1. The summed E-state index contributed by atoms with van der Waals surface area (Å²) in [5.41, 5.74) is 2.45. The molecule has 1 fully saturated rings. The number of carbonyl (C=O) groups excluding carboxylic acids is 1. The molecule has 1 unspecified atom stereocenters. The number of nitrogen functional groups attached to an aromatic ring is 1. The Labute approximate surface area is 116 Å². The van der Waals surface area contributed by atoms with Crippen molar-refractivity contribution in [3.05, 3.63) is 33.9 Å². The number of nitro benzene ring substituents is 1. The molecule has 8 heteroatoms. The molecule has 0 aliphatic carbocycles. The minimum atomic E-state index is -0.574. The van der Waals surface area contributed by atoms with Crippen LogP contribution in [0.15, 0.2) is 18.2 Å². The first-order valence-corrected chi connectivity index (χ1v) is 6.25. The fraction of sp³-hybridized carbons (Fsp3) is 0.417. The number of likely N-dealkylation sites (N-methyl/N-ethyl adjacent to an activating group) is 1. The fourth-order valence-corrected chi connectivity index (χ4v) is 2.27. The SMILES string of the molecule is CN1CCC(NC(=O)c2ccc(NN)c([N+](=O)[O-])c2)C1. The Kier molecular flexibility index (Phi) is 4.16. The molecule has 20 heavy (non-hydrogen) atoms. The number of hydrogen-bond acceptors (Lipinski definition) is 6. The number of amides is 1. The van der Waals surface area contributed by atoms with E-state index in [1.54, 1.807) is 0 Å². The van der Waals surface area contributed by atoms with Gasteiger partial charge < -0.3 is 15.6 Å². The highest BCUT2D eigenvalue weighted by atomic mass is 16.6. The zero-order chi connectivity index (χ0) is 14.7. The van der Waals surface area contributed by atoms with Gasteiger partial charge in [0.2, 0.25) is 0 Å². The zero-order valence-corrected chi connectivity index (χ0v) is 11.1. The van der Waals surface area contributed by atoms with Crippen molar-refractivity contribution in [3.63, 3.8) is 0 Å². The van der Waals surface area contributed by atoms with E-state index in [2.05, 4.69) is 15.6 Å². The quantitative estimate of drug-likeness (QED) is 0.415.